The van der Waals surface area contributed by atoms with Gasteiger partial charge >= 0.3 is 5.97 Å². The van der Waals surface area contributed by atoms with Crippen molar-refractivity contribution in [1.29, 1.82) is 0 Å². The van der Waals surface area contributed by atoms with Crippen molar-refractivity contribution in [3.8, 4) is 11.5 Å². The first-order valence-corrected chi connectivity index (χ1v) is 10.3. The molecule has 2 aromatic rings. The molecular formula is C24H29NO4. The van der Waals surface area contributed by atoms with Crippen molar-refractivity contribution in [1.82, 2.24) is 0 Å². The highest BCUT2D eigenvalue weighted by atomic mass is 16.5. The normalized spacial score (nSPS) is 26.0. The molecule has 0 saturated carbocycles. The van der Waals surface area contributed by atoms with E-state index in [2.05, 4.69) is 17.0 Å². The van der Waals surface area contributed by atoms with Crippen molar-refractivity contribution >= 4 is 11.7 Å². The van der Waals surface area contributed by atoms with E-state index < -0.39 is 5.41 Å². The molecule has 29 heavy (non-hydrogen) atoms. The molecule has 0 aromatic heterocycles. The van der Waals surface area contributed by atoms with Gasteiger partial charge in [-0.1, -0.05) is 24.3 Å². The number of nitrogens with zero attached hydrogens (tertiary/aromatic N) is 1. The van der Waals surface area contributed by atoms with E-state index in [4.69, 9.17) is 14.2 Å². The van der Waals surface area contributed by atoms with E-state index >= 15 is 0 Å². The van der Waals surface area contributed by atoms with E-state index in [-0.39, 0.29) is 18.1 Å². The van der Waals surface area contributed by atoms with Crippen LogP contribution >= 0.6 is 0 Å². The Morgan fingerprint density at radius 1 is 0.966 bits per heavy atom. The van der Waals surface area contributed by atoms with Gasteiger partial charge in [0.1, 0.15) is 11.5 Å². The van der Waals surface area contributed by atoms with E-state index in [1.807, 2.05) is 36.4 Å². The Labute approximate surface area is 172 Å². The lowest BCUT2D eigenvalue weighted by molar-refractivity contribution is -0.149. The zero-order chi connectivity index (χ0) is 20.4. The van der Waals surface area contributed by atoms with E-state index in [1.54, 1.807) is 14.2 Å². The Bertz CT molecular complexity index is 867. The summed E-state index contributed by atoms with van der Waals surface area (Å²) in [4.78, 5) is 15.7. The number of para-hydroxylation sites is 2. The molecule has 0 N–H and O–H groups in total. The van der Waals surface area contributed by atoms with E-state index in [9.17, 15) is 4.79 Å². The summed E-state index contributed by atoms with van der Waals surface area (Å²) < 4.78 is 16.4. The Kier molecular flexibility index (Phi) is 5.39. The lowest BCUT2D eigenvalue weighted by atomic mass is 9.64. The summed E-state index contributed by atoms with van der Waals surface area (Å²) in [6.45, 7) is 0. The number of methoxy groups -OCH3 is 3. The average Bonchev–Trinajstić information content (AvgIpc) is 2.77. The van der Waals surface area contributed by atoms with E-state index in [1.165, 1.54) is 13.5 Å². The van der Waals surface area contributed by atoms with Gasteiger partial charge < -0.3 is 19.1 Å². The summed E-state index contributed by atoms with van der Waals surface area (Å²) in [6.07, 6.45) is 4.73. The molecule has 2 atom stereocenters. The smallest absolute Gasteiger partial charge is 0.316 e. The van der Waals surface area contributed by atoms with Gasteiger partial charge in [-0.2, -0.15) is 0 Å². The maximum atomic E-state index is 13.2. The summed E-state index contributed by atoms with van der Waals surface area (Å²) >= 11 is 0. The van der Waals surface area contributed by atoms with Gasteiger partial charge in [-0.05, 0) is 61.9 Å². The summed E-state index contributed by atoms with van der Waals surface area (Å²) in [5.41, 5.74) is 1.45. The highest BCUT2D eigenvalue weighted by Gasteiger charge is 2.52. The molecule has 0 aliphatic carbocycles. The number of rotatable bonds is 5. The van der Waals surface area contributed by atoms with Gasteiger partial charge in [-0.25, -0.2) is 0 Å². The molecular weight excluding hydrogens is 366 g/mol. The van der Waals surface area contributed by atoms with Crippen molar-refractivity contribution in [2.24, 2.45) is 0 Å². The molecule has 2 aliphatic rings. The quantitative estimate of drug-likeness (QED) is 0.705. The first-order valence-electron chi connectivity index (χ1n) is 10.3. The van der Waals surface area contributed by atoms with Crippen molar-refractivity contribution in [3.05, 3.63) is 54.1 Å². The third kappa shape index (κ3) is 3.33. The molecule has 2 fully saturated rings. The SMILES string of the molecule is COC(=O)C1(c2cccc(OC)c2)CC2CCCC(C1)N2c1ccccc1OC. The number of benzene rings is 2. The van der Waals surface area contributed by atoms with E-state index in [0.717, 1.165) is 48.4 Å². The Balaban J connectivity index is 1.77. The van der Waals surface area contributed by atoms with Crippen molar-refractivity contribution in [2.45, 2.75) is 49.6 Å². The van der Waals surface area contributed by atoms with Gasteiger partial charge in [-0.15, -0.1) is 0 Å². The fraction of sp³-hybridized carbons (Fsp3) is 0.458. The molecule has 5 nitrogen and oxygen atoms in total. The van der Waals surface area contributed by atoms with Gasteiger partial charge in [-0.3, -0.25) is 4.79 Å². The molecule has 2 saturated heterocycles. The van der Waals surface area contributed by atoms with Crippen LogP contribution in [-0.4, -0.2) is 39.4 Å². The van der Waals surface area contributed by atoms with Crippen LogP contribution < -0.4 is 14.4 Å². The van der Waals surface area contributed by atoms with Crippen molar-refractivity contribution < 1.29 is 19.0 Å². The standard InChI is InChI=1S/C24H29NO4/c1-27-20-11-6-8-17(14-20)24(23(26)29-3)15-18-9-7-10-19(16-24)25(18)21-12-4-5-13-22(21)28-2/h4-6,8,11-14,18-19H,7,9-10,15-16H2,1-3H3. The molecule has 2 heterocycles. The molecule has 2 bridgehead atoms. The first-order chi connectivity index (χ1) is 14.1. The van der Waals surface area contributed by atoms with Gasteiger partial charge in [0.2, 0.25) is 0 Å². The van der Waals surface area contributed by atoms with Crippen molar-refractivity contribution in [2.75, 3.05) is 26.2 Å². The largest absolute Gasteiger partial charge is 0.497 e. The van der Waals surface area contributed by atoms with E-state index in [0.29, 0.717) is 0 Å². The number of hydrogen-bond donors (Lipinski definition) is 0. The maximum Gasteiger partial charge on any atom is 0.316 e. The second-order valence-corrected chi connectivity index (χ2v) is 8.03. The van der Waals surface area contributed by atoms with Crippen LogP contribution in [0.3, 0.4) is 0 Å². The number of anilines is 1. The minimum Gasteiger partial charge on any atom is -0.497 e. The van der Waals surface area contributed by atoms with Gasteiger partial charge in [0.25, 0.3) is 0 Å². The summed E-state index contributed by atoms with van der Waals surface area (Å²) in [5.74, 6) is 1.50. The predicted molar refractivity (Wildman–Crippen MR) is 113 cm³/mol. The molecule has 2 aliphatic heterocycles. The fourth-order valence-corrected chi connectivity index (χ4v) is 5.33. The number of carbonyl (C=O) groups excluding carboxylic acids is 1. The van der Waals surface area contributed by atoms with Crippen LogP contribution in [0.25, 0.3) is 0 Å². The number of fused-ring (bicyclic) bond motifs is 2. The number of hydrogen-bond acceptors (Lipinski definition) is 5. The first kappa shape index (κ1) is 19.6. The summed E-state index contributed by atoms with van der Waals surface area (Å²) in [5, 5.41) is 0. The zero-order valence-corrected chi connectivity index (χ0v) is 17.4. The molecule has 2 aromatic carbocycles. The van der Waals surface area contributed by atoms with Crippen LogP contribution in [0.2, 0.25) is 0 Å². The van der Waals surface area contributed by atoms with Crippen LogP contribution in [0.4, 0.5) is 5.69 Å². The molecule has 0 radical (unpaired) electrons. The van der Waals surface area contributed by atoms with Gasteiger partial charge in [0, 0.05) is 12.1 Å². The third-order valence-corrected chi connectivity index (χ3v) is 6.59. The molecule has 2 unspecified atom stereocenters. The molecule has 4 rings (SSSR count). The molecule has 5 heteroatoms. The van der Waals surface area contributed by atoms with Crippen LogP contribution in [0.5, 0.6) is 11.5 Å². The minimum atomic E-state index is -0.655. The van der Waals surface area contributed by atoms with Crippen molar-refractivity contribution in [3.63, 3.8) is 0 Å². The Morgan fingerprint density at radius 3 is 2.34 bits per heavy atom. The highest BCUT2D eigenvalue weighted by Crippen LogP contribution is 2.50. The lowest BCUT2D eigenvalue weighted by Crippen LogP contribution is -2.59. The molecule has 154 valence electrons. The van der Waals surface area contributed by atoms with Crippen LogP contribution in [0.1, 0.15) is 37.7 Å². The zero-order valence-electron chi connectivity index (χ0n) is 17.4. The lowest BCUT2D eigenvalue weighted by Gasteiger charge is -2.54. The topological polar surface area (TPSA) is 48.0 Å². The summed E-state index contributed by atoms with van der Waals surface area (Å²) in [6, 6.07) is 16.6. The third-order valence-electron chi connectivity index (χ3n) is 6.59. The van der Waals surface area contributed by atoms with Crippen LogP contribution in [0.15, 0.2) is 48.5 Å². The van der Waals surface area contributed by atoms with Crippen LogP contribution in [0, 0.1) is 0 Å². The monoisotopic (exact) mass is 395 g/mol. The number of carbonyl (C=O) groups is 1. The maximum absolute atomic E-state index is 13.2. The second-order valence-electron chi connectivity index (χ2n) is 8.03. The average molecular weight is 395 g/mol. The molecule has 0 amide bonds. The van der Waals surface area contributed by atoms with Gasteiger partial charge in [0.05, 0.1) is 32.4 Å². The number of esters is 1. The number of piperidine rings is 2. The second kappa shape index (κ2) is 7.97. The minimum absolute atomic E-state index is 0.151. The predicted octanol–water partition coefficient (Wildman–Crippen LogP) is 4.34. The summed E-state index contributed by atoms with van der Waals surface area (Å²) in [7, 11) is 4.86. The van der Waals surface area contributed by atoms with Crippen LogP contribution in [-0.2, 0) is 14.9 Å². The Hall–Kier alpha value is -2.69. The number of ether oxygens (including phenoxy) is 3. The van der Waals surface area contributed by atoms with Gasteiger partial charge in [0.15, 0.2) is 0 Å². The Morgan fingerprint density at radius 2 is 1.69 bits per heavy atom. The molecule has 0 spiro atoms. The highest BCUT2D eigenvalue weighted by molar-refractivity contribution is 5.84. The fourth-order valence-electron chi connectivity index (χ4n) is 5.33.